The fourth-order valence-corrected chi connectivity index (χ4v) is 5.15. The number of para-hydroxylation sites is 1. The number of amides is 1. The number of methoxy groups -OCH3 is 1. The second-order valence-corrected chi connectivity index (χ2v) is 7.74. The maximum Gasteiger partial charge on any atom is 0.225 e. The smallest absolute Gasteiger partial charge is 0.225 e. The van der Waals surface area contributed by atoms with Gasteiger partial charge >= 0.3 is 0 Å². The van der Waals surface area contributed by atoms with Gasteiger partial charge in [0.2, 0.25) is 5.91 Å². The number of hydrogen-bond donors (Lipinski definition) is 1. The lowest BCUT2D eigenvalue weighted by molar-refractivity contribution is -0.129. The summed E-state index contributed by atoms with van der Waals surface area (Å²) in [4.78, 5) is 14.9. The predicted molar refractivity (Wildman–Crippen MR) is 102 cm³/mol. The molecule has 142 valence electrons. The minimum Gasteiger partial charge on any atom is -0.493 e. The molecular formula is C22H25FN2O2. The second kappa shape index (κ2) is 6.97. The van der Waals surface area contributed by atoms with Crippen LogP contribution in [0, 0.1) is 11.2 Å². The Bertz CT molecular complexity index is 841. The lowest BCUT2D eigenvalue weighted by atomic mass is 9.69. The van der Waals surface area contributed by atoms with E-state index in [4.69, 9.17) is 10.5 Å². The number of nitrogens with two attached hydrogens (primary N) is 1. The van der Waals surface area contributed by atoms with Crippen molar-refractivity contribution < 1.29 is 13.9 Å². The lowest BCUT2D eigenvalue weighted by Crippen LogP contribution is -2.48. The van der Waals surface area contributed by atoms with Crippen LogP contribution < -0.4 is 10.5 Å². The third-order valence-electron chi connectivity index (χ3n) is 6.34. The molecule has 1 amide bonds. The third kappa shape index (κ3) is 3.00. The molecular weight excluding hydrogens is 343 g/mol. The largest absolute Gasteiger partial charge is 0.493 e. The number of benzene rings is 2. The molecule has 2 saturated heterocycles. The van der Waals surface area contributed by atoms with E-state index in [1.54, 1.807) is 6.07 Å². The molecule has 2 aromatic rings. The highest BCUT2D eigenvalue weighted by atomic mass is 19.1. The summed E-state index contributed by atoms with van der Waals surface area (Å²) in [7, 11) is 1.49. The van der Waals surface area contributed by atoms with Crippen LogP contribution in [0.5, 0.6) is 5.75 Å². The number of primary amides is 1. The van der Waals surface area contributed by atoms with Crippen LogP contribution in [0.25, 0.3) is 0 Å². The van der Waals surface area contributed by atoms with Crippen molar-refractivity contribution in [3.05, 3.63) is 65.5 Å². The van der Waals surface area contributed by atoms with Crippen molar-refractivity contribution in [2.45, 2.75) is 44.3 Å². The second-order valence-electron chi connectivity index (χ2n) is 7.74. The molecule has 27 heavy (non-hydrogen) atoms. The molecule has 0 saturated carbocycles. The monoisotopic (exact) mass is 368 g/mol. The zero-order chi connectivity index (χ0) is 19.0. The number of halogens is 1. The van der Waals surface area contributed by atoms with Gasteiger partial charge in [-0.2, -0.15) is 0 Å². The summed E-state index contributed by atoms with van der Waals surface area (Å²) in [6, 6.07) is 15.4. The number of fused-ring (bicyclic) bond motifs is 2. The Kier molecular flexibility index (Phi) is 4.64. The Morgan fingerprint density at radius 3 is 2.70 bits per heavy atom. The van der Waals surface area contributed by atoms with Gasteiger partial charge in [0, 0.05) is 24.2 Å². The highest BCUT2D eigenvalue weighted by Gasteiger charge is 2.58. The molecule has 2 aromatic carbocycles. The molecule has 5 heteroatoms. The Hall–Kier alpha value is -2.40. The van der Waals surface area contributed by atoms with Crippen LogP contribution in [-0.2, 0) is 17.8 Å². The van der Waals surface area contributed by atoms with Gasteiger partial charge in [-0.05, 0) is 37.3 Å². The minimum atomic E-state index is -0.565. The van der Waals surface area contributed by atoms with Crippen molar-refractivity contribution in [3.63, 3.8) is 0 Å². The van der Waals surface area contributed by atoms with Gasteiger partial charge in [-0.25, -0.2) is 4.39 Å². The van der Waals surface area contributed by atoms with Crippen molar-refractivity contribution in [3.8, 4) is 5.75 Å². The van der Waals surface area contributed by atoms with Crippen molar-refractivity contribution in [2.75, 3.05) is 7.11 Å². The first-order chi connectivity index (χ1) is 13.0. The molecule has 2 aliphatic rings. The molecule has 2 bridgehead atoms. The summed E-state index contributed by atoms with van der Waals surface area (Å²) in [5.41, 5.74) is 7.33. The van der Waals surface area contributed by atoms with Crippen LogP contribution in [0.3, 0.4) is 0 Å². The Morgan fingerprint density at radius 1 is 1.22 bits per heavy atom. The Balaban J connectivity index is 1.64. The summed E-state index contributed by atoms with van der Waals surface area (Å²) >= 11 is 0. The van der Waals surface area contributed by atoms with Crippen LogP contribution in [-0.4, -0.2) is 30.0 Å². The Labute approximate surface area is 159 Å². The average Bonchev–Trinajstić information content (AvgIpc) is 3.18. The number of hydrogen-bond acceptors (Lipinski definition) is 3. The quantitative estimate of drug-likeness (QED) is 0.851. The highest BCUT2D eigenvalue weighted by molar-refractivity contribution is 5.83. The zero-order valence-corrected chi connectivity index (χ0v) is 15.5. The Morgan fingerprint density at radius 2 is 2.00 bits per heavy atom. The minimum absolute atomic E-state index is 0.0770. The normalized spacial score (nSPS) is 27.0. The van der Waals surface area contributed by atoms with Gasteiger partial charge < -0.3 is 10.5 Å². The topological polar surface area (TPSA) is 55.6 Å². The highest BCUT2D eigenvalue weighted by Crippen LogP contribution is 2.52. The molecule has 0 aromatic heterocycles. The fourth-order valence-electron chi connectivity index (χ4n) is 5.15. The first kappa shape index (κ1) is 18.0. The van der Waals surface area contributed by atoms with Gasteiger partial charge in [-0.1, -0.05) is 42.5 Å². The molecule has 0 spiro atoms. The van der Waals surface area contributed by atoms with E-state index in [1.165, 1.54) is 13.2 Å². The predicted octanol–water partition coefficient (Wildman–Crippen LogP) is 3.29. The molecule has 3 atom stereocenters. The SMILES string of the molecule is COc1c(F)cccc1CN1[C@H]2CC[C@@H]1[C@](Cc1ccccc1)(C(N)=O)C2. The molecule has 2 heterocycles. The molecule has 4 nitrogen and oxygen atoms in total. The van der Waals surface area contributed by atoms with E-state index in [-0.39, 0.29) is 23.5 Å². The number of nitrogens with zero attached hydrogens (tertiary/aromatic N) is 1. The number of carbonyl (C=O) groups is 1. The van der Waals surface area contributed by atoms with Gasteiger partial charge in [0.25, 0.3) is 0 Å². The zero-order valence-electron chi connectivity index (χ0n) is 15.5. The summed E-state index contributed by atoms with van der Waals surface area (Å²) in [5, 5.41) is 0. The van der Waals surface area contributed by atoms with Crippen LogP contribution in [0.15, 0.2) is 48.5 Å². The van der Waals surface area contributed by atoms with Crippen LogP contribution >= 0.6 is 0 Å². The standard InChI is InChI=1S/C22H25FN2O2/c1-27-20-16(8-5-9-18(20)23)14-25-17-10-11-19(25)22(13-17,21(24)26)12-15-6-3-2-4-7-15/h2-9,17,19H,10-14H2,1H3,(H2,24,26)/t17-,19+,22+/m0/s1. The van der Waals surface area contributed by atoms with Crippen LogP contribution in [0.4, 0.5) is 4.39 Å². The third-order valence-corrected chi connectivity index (χ3v) is 6.34. The van der Waals surface area contributed by atoms with E-state index < -0.39 is 5.41 Å². The maximum atomic E-state index is 14.1. The summed E-state index contributed by atoms with van der Waals surface area (Å²) in [6.07, 6.45) is 3.41. The van der Waals surface area contributed by atoms with Crippen molar-refractivity contribution in [1.29, 1.82) is 0 Å². The number of rotatable bonds is 6. The van der Waals surface area contributed by atoms with Crippen molar-refractivity contribution >= 4 is 5.91 Å². The van der Waals surface area contributed by atoms with Crippen molar-refractivity contribution in [1.82, 2.24) is 4.90 Å². The van der Waals surface area contributed by atoms with E-state index in [9.17, 15) is 9.18 Å². The van der Waals surface area contributed by atoms with E-state index in [1.807, 2.05) is 24.3 Å². The fraction of sp³-hybridized carbons (Fsp3) is 0.409. The van der Waals surface area contributed by atoms with Crippen LogP contribution in [0.2, 0.25) is 0 Å². The average molecular weight is 368 g/mol. The van der Waals surface area contributed by atoms with Gasteiger partial charge in [-0.3, -0.25) is 9.69 Å². The molecule has 0 unspecified atom stereocenters. The van der Waals surface area contributed by atoms with Gasteiger partial charge in [0.15, 0.2) is 11.6 Å². The van der Waals surface area contributed by atoms with Gasteiger partial charge in [0.05, 0.1) is 12.5 Å². The van der Waals surface area contributed by atoms with Gasteiger partial charge in [-0.15, -0.1) is 0 Å². The first-order valence-electron chi connectivity index (χ1n) is 9.46. The van der Waals surface area contributed by atoms with Gasteiger partial charge in [0.1, 0.15) is 0 Å². The van der Waals surface area contributed by atoms with E-state index in [2.05, 4.69) is 17.0 Å². The number of carbonyl (C=O) groups excluding carboxylic acids is 1. The molecule has 2 N–H and O–H groups in total. The van der Waals surface area contributed by atoms with E-state index >= 15 is 0 Å². The first-order valence-corrected chi connectivity index (χ1v) is 9.46. The van der Waals surface area contributed by atoms with E-state index in [0.717, 1.165) is 30.4 Å². The molecule has 2 fully saturated rings. The molecule has 2 aliphatic heterocycles. The van der Waals surface area contributed by atoms with Crippen molar-refractivity contribution in [2.24, 2.45) is 11.1 Å². The maximum absolute atomic E-state index is 14.1. The molecule has 0 aliphatic carbocycles. The summed E-state index contributed by atoms with van der Waals surface area (Å²) < 4.78 is 19.4. The van der Waals surface area contributed by atoms with Crippen LogP contribution in [0.1, 0.15) is 30.4 Å². The molecule has 0 radical (unpaired) electrons. The summed E-state index contributed by atoms with van der Waals surface area (Å²) in [5.74, 6) is -0.293. The van der Waals surface area contributed by atoms with E-state index in [0.29, 0.717) is 19.0 Å². The number of ether oxygens (including phenoxy) is 1. The molecule has 4 rings (SSSR count). The lowest BCUT2D eigenvalue weighted by Gasteiger charge is -2.35. The summed E-state index contributed by atoms with van der Waals surface area (Å²) in [6.45, 7) is 0.570.